The van der Waals surface area contributed by atoms with Crippen molar-refractivity contribution in [3.05, 3.63) is 137 Å². The molecule has 0 N–H and O–H groups in total. The Hall–Kier alpha value is -1.41. The second kappa shape index (κ2) is 12.7. The topological polar surface area (TPSA) is 0 Å². The van der Waals surface area contributed by atoms with Crippen molar-refractivity contribution in [3.63, 3.8) is 0 Å². The molecule has 0 heterocycles. The third-order valence-corrected chi connectivity index (χ3v) is 5.67. The maximum Gasteiger partial charge on any atom is 4.00 e. The molecule has 0 nitrogen and oxygen atoms in total. The summed E-state index contributed by atoms with van der Waals surface area (Å²) in [6.45, 7) is 6.84. The van der Waals surface area contributed by atoms with Crippen molar-refractivity contribution >= 4 is 0 Å². The van der Waals surface area contributed by atoms with Gasteiger partial charge in [0.2, 0.25) is 0 Å². The van der Waals surface area contributed by atoms with Crippen LogP contribution in [0, 0.1) is 0 Å². The van der Waals surface area contributed by atoms with E-state index in [1.807, 2.05) is 0 Å². The van der Waals surface area contributed by atoms with Gasteiger partial charge in [-0.1, -0.05) is 117 Å². The summed E-state index contributed by atoms with van der Waals surface area (Å²) in [7, 11) is 0. The van der Waals surface area contributed by atoms with Crippen molar-refractivity contribution < 1.29 is 58.9 Å². The molecule has 0 radical (unpaired) electrons. The molecule has 0 aromatic heterocycles. The number of benzene rings is 3. The van der Waals surface area contributed by atoms with Crippen LogP contribution < -0.4 is 37.2 Å². The van der Waals surface area contributed by atoms with Crippen LogP contribution in [0.3, 0.4) is 0 Å². The van der Waals surface area contributed by atoms with Crippen LogP contribution in [0.4, 0.5) is 0 Å². The molecule has 4 aromatic carbocycles. The first-order valence-electron chi connectivity index (χ1n) is 9.97. The van der Waals surface area contributed by atoms with Gasteiger partial charge in [-0.3, -0.25) is 0 Å². The van der Waals surface area contributed by atoms with E-state index in [1.54, 1.807) is 0 Å². The van der Waals surface area contributed by atoms with E-state index >= 15 is 0 Å². The summed E-state index contributed by atoms with van der Waals surface area (Å²) in [5.41, 5.74) is 6.34. The molecule has 0 spiro atoms. The molecule has 0 saturated heterocycles. The molecule has 164 valence electrons. The summed E-state index contributed by atoms with van der Waals surface area (Å²) in [5.74, 6) is 0. The molecule has 0 unspecified atom stereocenters. The van der Waals surface area contributed by atoms with Gasteiger partial charge in [0.05, 0.1) is 0 Å². The van der Waals surface area contributed by atoms with Crippen LogP contribution >= 0.6 is 0 Å². The van der Waals surface area contributed by atoms with Crippen LogP contribution in [-0.2, 0) is 32.5 Å². The van der Waals surface area contributed by atoms with Crippen LogP contribution in [0.25, 0.3) is 0 Å². The molecule has 0 atom stereocenters. The molecular formula is C28H27Cl3Ti. The van der Waals surface area contributed by atoms with E-state index in [-0.39, 0.29) is 69.8 Å². The van der Waals surface area contributed by atoms with Crippen molar-refractivity contribution in [2.24, 2.45) is 0 Å². The molecule has 0 fully saturated rings. The molecule has 4 rings (SSSR count). The molecule has 32 heavy (non-hydrogen) atoms. The monoisotopic (exact) mass is 516 g/mol. The van der Waals surface area contributed by atoms with Crippen LogP contribution in [0.1, 0.15) is 48.6 Å². The maximum atomic E-state index is 2.40. The summed E-state index contributed by atoms with van der Waals surface area (Å²) in [4.78, 5) is 0. The standard InChI is InChI=1S/C28H27.3ClH.Ti/c1-27(2,3)25-19-20-26(21-25)28(22-13-7-4-8-14-22,23-15-9-5-10-16-23)24-17-11-6-12-18-24;;;;/h4-21H,1-3H3;3*1H;/q-1;;;;+4/p-3. The van der Waals surface area contributed by atoms with Gasteiger partial charge >= 0.3 is 21.7 Å². The van der Waals surface area contributed by atoms with E-state index in [4.69, 9.17) is 0 Å². The minimum absolute atomic E-state index is 0. The molecule has 4 heteroatoms. The van der Waals surface area contributed by atoms with Crippen LogP contribution in [0.15, 0.2) is 109 Å². The van der Waals surface area contributed by atoms with E-state index in [2.05, 4.69) is 130 Å². The zero-order chi connectivity index (χ0) is 19.6. The molecule has 0 aliphatic carbocycles. The van der Waals surface area contributed by atoms with Gasteiger partial charge in [0, 0.05) is 5.41 Å². The Labute approximate surface area is 226 Å². The molecule has 0 bridgehead atoms. The summed E-state index contributed by atoms with van der Waals surface area (Å²) >= 11 is 0. The first kappa shape index (κ1) is 30.6. The summed E-state index contributed by atoms with van der Waals surface area (Å²) in [6, 6.07) is 39.7. The average Bonchev–Trinajstić information content (AvgIpc) is 3.22. The van der Waals surface area contributed by atoms with E-state index in [0.717, 1.165) is 0 Å². The number of rotatable bonds is 4. The predicted molar refractivity (Wildman–Crippen MR) is 119 cm³/mol. The van der Waals surface area contributed by atoms with E-state index in [0.29, 0.717) is 0 Å². The first-order chi connectivity index (χ1) is 13.5. The third kappa shape index (κ3) is 5.74. The summed E-state index contributed by atoms with van der Waals surface area (Å²) in [5, 5.41) is 0. The van der Waals surface area contributed by atoms with Gasteiger partial charge in [0.25, 0.3) is 0 Å². The van der Waals surface area contributed by atoms with Gasteiger partial charge in [-0.2, -0.15) is 17.7 Å². The smallest absolute Gasteiger partial charge is 1.00 e. The Morgan fingerprint density at radius 2 is 0.844 bits per heavy atom. The van der Waals surface area contributed by atoms with Crippen molar-refractivity contribution in [2.75, 3.05) is 0 Å². The second-order valence-corrected chi connectivity index (χ2v) is 8.49. The van der Waals surface area contributed by atoms with Crippen molar-refractivity contribution in [1.29, 1.82) is 0 Å². The molecule has 0 amide bonds. The van der Waals surface area contributed by atoms with E-state index in [9.17, 15) is 0 Å². The predicted octanol–water partition coefficient (Wildman–Crippen LogP) is -1.90. The SMILES string of the molecule is CC(C)(C)c1cc[c-](C(c2ccccc2)(c2ccccc2)c2ccccc2)c1.[Cl-].[Cl-].[Cl-].[Ti+4]. The van der Waals surface area contributed by atoms with Crippen molar-refractivity contribution in [2.45, 2.75) is 31.6 Å². The Balaban J connectivity index is 0.00000240. The molecular weight excluding hydrogens is 491 g/mol. The Bertz CT molecular complexity index is 940. The Morgan fingerprint density at radius 3 is 1.12 bits per heavy atom. The minimum Gasteiger partial charge on any atom is -1.00 e. The first-order valence-corrected chi connectivity index (χ1v) is 9.97. The Kier molecular flexibility index (Phi) is 12.2. The fourth-order valence-electron chi connectivity index (χ4n) is 4.21. The van der Waals surface area contributed by atoms with E-state index < -0.39 is 0 Å². The largest absolute Gasteiger partial charge is 4.00 e. The molecule has 4 aromatic rings. The molecule has 0 aliphatic rings. The van der Waals surface area contributed by atoms with Crippen molar-refractivity contribution in [3.8, 4) is 0 Å². The van der Waals surface area contributed by atoms with Crippen molar-refractivity contribution in [1.82, 2.24) is 0 Å². The normalized spacial score (nSPS) is 10.6. The number of hydrogen-bond acceptors (Lipinski definition) is 0. The second-order valence-electron chi connectivity index (χ2n) is 8.49. The minimum atomic E-state index is -0.340. The zero-order valence-corrected chi connectivity index (χ0v) is 22.4. The fourth-order valence-corrected chi connectivity index (χ4v) is 4.21. The van der Waals surface area contributed by atoms with Crippen LogP contribution in [0.2, 0.25) is 0 Å². The number of hydrogen-bond donors (Lipinski definition) is 0. The van der Waals surface area contributed by atoms with Gasteiger partial charge in [0.1, 0.15) is 0 Å². The summed E-state index contributed by atoms with van der Waals surface area (Å²) in [6.07, 6.45) is 0. The van der Waals surface area contributed by atoms with Gasteiger partial charge in [-0.25, -0.2) is 6.07 Å². The molecule has 0 saturated carbocycles. The fraction of sp³-hybridized carbons (Fsp3) is 0.179. The van der Waals surface area contributed by atoms with Gasteiger partial charge in [-0.15, -0.1) is 5.56 Å². The summed E-state index contributed by atoms with van der Waals surface area (Å²) < 4.78 is 0. The third-order valence-electron chi connectivity index (χ3n) is 5.67. The van der Waals surface area contributed by atoms with E-state index in [1.165, 1.54) is 27.8 Å². The average molecular weight is 518 g/mol. The van der Waals surface area contributed by atoms with Crippen LogP contribution in [0.5, 0.6) is 0 Å². The van der Waals surface area contributed by atoms with Gasteiger partial charge < -0.3 is 37.2 Å². The zero-order valence-electron chi connectivity index (χ0n) is 18.5. The Morgan fingerprint density at radius 1 is 0.500 bits per heavy atom. The number of halogens is 3. The quantitative estimate of drug-likeness (QED) is 0.169. The van der Waals surface area contributed by atoms with Gasteiger partial charge in [-0.05, 0) is 16.7 Å². The molecule has 0 aliphatic heterocycles. The maximum absolute atomic E-state index is 2.40. The van der Waals surface area contributed by atoms with Crippen LogP contribution in [-0.4, -0.2) is 0 Å². The van der Waals surface area contributed by atoms with Gasteiger partial charge in [0.15, 0.2) is 0 Å².